The van der Waals surface area contributed by atoms with Crippen LogP contribution in [0.4, 0.5) is 5.69 Å². The van der Waals surface area contributed by atoms with Crippen molar-refractivity contribution < 1.29 is 9.21 Å². The van der Waals surface area contributed by atoms with Gasteiger partial charge in [-0.05, 0) is 69.2 Å². The van der Waals surface area contributed by atoms with Gasteiger partial charge in [-0.15, -0.1) is 24.0 Å². The highest BCUT2D eigenvalue weighted by atomic mass is 127. The van der Waals surface area contributed by atoms with Crippen LogP contribution >= 0.6 is 24.0 Å². The summed E-state index contributed by atoms with van der Waals surface area (Å²) in [5, 5.41) is 9.62. The molecule has 2 rings (SSSR count). The average molecular weight is 541 g/mol. The molecule has 0 radical (unpaired) electrons. The Morgan fingerprint density at radius 2 is 1.87 bits per heavy atom. The lowest BCUT2D eigenvalue weighted by atomic mass is 10.1. The lowest BCUT2D eigenvalue weighted by Gasteiger charge is -2.21. The summed E-state index contributed by atoms with van der Waals surface area (Å²) in [6.07, 6.45) is 3.75. The number of nitrogens with one attached hydrogen (secondary N) is 3. The first-order valence-electron chi connectivity index (χ1n) is 10.7. The molecule has 8 heteroatoms. The van der Waals surface area contributed by atoms with Crippen LogP contribution in [0.15, 0.2) is 52.1 Å². The summed E-state index contributed by atoms with van der Waals surface area (Å²) in [6.45, 7) is 10.6. The summed E-state index contributed by atoms with van der Waals surface area (Å²) in [5.74, 6) is 0.827. The second kappa shape index (κ2) is 14.9. The van der Waals surface area contributed by atoms with Gasteiger partial charge in [0.1, 0.15) is 0 Å². The van der Waals surface area contributed by atoms with E-state index in [0.29, 0.717) is 18.3 Å². The fourth-order valence-electron chi connectivity index (χ4n) is 3.15. The molecule has 1 unspecified atom stereocenters. The average Bonchev–Trinajstić information content (AvgIpc) is 3.30. The molecule has 1 atom stereocenters. The van der Waals surface area contributed by atoms with E-state index in [1.165, 1.54) is 6.26 Å². The van der Waals surface area contributed by atoms with Gasteiger partial charge in [0, 0.05) is 25.3 Å². The minimum Gasteiger partial charge on any atom is -0.459 e. The third-order valence-corrected chi connectivity index (χ3v) is 5.03. The number of nitrogens with zero attached hydrogens (tertiary/aromatic N) is 2. The second-order valence-corrected chi connectivity index (χ2v) is 7.27. The van der Waals surface area contributed by atoms with Crippen LogP contribution < -0.4 is 16.0 Å². The summed E-state index contributed by atoms with van der Waals surface area (Å²) >= 11 is 0. The second-order valence-electron chi connectivity index (χ2n) is 7.27. The number of aliphatic imine (C=N–C) groups is 1. The summed E-state index contributed by atoms with van der Waals surface area (Å²) in [4.78, 5) is 18.8. The van der Waals surface area contributed by atoms with E-state index in [9.17, 15) is 4.79 Å². The van der Waals surface area contributed by atoms with Gasteiger partial charge in [0.05, 0.1) is 6.26 Å². The van der Waals surface area contributed by atoms with Crippen LogP contribution in [0.3, 0.4) is 0 Å². The molecular weight excluding hydrogens is 505 g/mol. The topological polar surface area (TPSA) is 81.9 Å². The Hall–Kier alpha value is -2.07. The summed E-state index contributed by atoms with van der Waals surface area (Å²) in [7, 11) is 1.78. The van der Waals surface area contributed by atoms with Gasteiger partial charge in [-0.3, -0.25) is 9.79 Å². The molecule has 3 N–H and O–H groups in total. The maximum atomic E-state index is 12.0. The highest BCUT2D eigenvalue weighted by Gasteiger charge is 2.09. The van der Waals surface area contributed by atoms with E-state index in [1.54, 1.807) is 19.2 Å². The lowest BCUT2D eigenvalue weighted by Crippen LogP contribution is -2.42. The largest absolute Gasteiger partial charge is 0.459 e. The predicted molar refractivity (Wildman–Crippen MR) is 138 cm³/mol. The lowest BCUT2D eigenvalue weighted by molar-refractivity contribution is 0.0996. The van der Waals surface area contributed by atoms with Gasteiger partial charge in [-0.2, -0.15) is 0 Å². The third-order valence-electron chi connectivity index (χ3n) is 5.03. The SMILES string of the molecule is CCN(CC)CCCC(C)NC(=NC)NCc1ccc(NC(=O)c2ccco2)cc1.I. The van der Waals surface area contributed by atoms with Crippen molar-refractivity contribution in [1.82, 2.24) is 15.5 Å². The van der Waals surface area contributed by atoms with Crippen LogP contribution in [0.25, 0.3) is 0 Å². The van der Waals surface area contributed by atoms with Crippen LogP contribution in [0.1, 0.15) is 49.7 Å². The van der Waals surface area contributed by atoms with Crippen LogP contribution in [-0.2, 0) is 6.54 Å². The molecule has 0 fully saturated rings. The first-order chi connectivity index (χ1) is 14.5. The van der Waals surface area contributed by atoms with Crippen molar-refractivity contribution in [1.29, 1.82) is 0 Å². The van der Waals surface area contributed by atoms with Crippen molar-refractivity contribution in [3.63, 3.8) is 0 Å². The van der Waals surface area contributed by atoms with Crippen LogP contribution in [0, 0.1) is 0 Å². The standard InChI is InChI=1S/C23H35N5O2.HI/c1-5-28(6-2)15-7-9-18(3)26-23(24-4)25-17-19-11-13-20(14-12-19)27-22(29)21-10-8-16-30-21;/h8,10-14,16,18H,5-7,9,15,17H2,1-4H3,(H,27,29)(H2,24,25,26);1H. The number of hydrogen-bond donors (Lipinski definition) is 3. The number of hydrogen-bond acceptors (Lipinski definition) is 4. The molecule has 1 heterocycles. The van der Waals surface area contributed by atoms with Crippen molar-refractivity contribution in [2.45, 2.75) is 46.2 Å². The Morgan fingerprint density at radius 3 is 2.45 bits per heavy atom. The first-order valence-corrected chi connectivity index (χ1v) is 10.7. The molecular formula is C23H36IN5O2. The summed E-state index contributed by atoms with van der Waals surface area (Å²) < 4.78 is 5.10. The zero-order valence-electron chi connectivity index (χ0n) is 19.0. The smallest absolute Gasteiger partial charge is 0.291 e. The molecule has 0 bridgehead atoms. The van der Waals surface area contributed by atoms with Crippen LogP contribution in [-0.4, -0.2) is 49.5 Å². The zero-order valence-corrected chi connectivity index (χ0v) is 21.3. The maximum absolute atomic E-state index is 12.0. The van der Waals surface area contributed by atoms with Crippen LogP contribution in [0.5, 0.6) is 0 Å². The molecule has 172 valence electrons. The minimum atomic E-state index is -0.259. The Balaban J connectivity index is 0.00000480. The van der Waals surface area contributed by atoms with E-state index in [4.69, 9.17) is 4.42 Å². The number of carbonyl (C=O) groups excluding carboxylic acids is 1. The van der Waals surface area contributed by atoms with Gasteiger partial charge in [-0.1, -0.05) is 26.0 Å². The number of carbonyl (C=O) groups is 1. The fraction of sp³-hybridized carbons (Fsp3) is 0.478. The minimum absolute atomic E-state index is 0. The van der Waals surface area contributed by atoms with Gasteiger partial charge in [0.25, 0.3) is 5.91 Å². The van der Waals surface area contributed by atoms with Gasteiger partial charge in [0.2, 0.25) is 0 Å². The van der Waals surface area contributed by atoms with Gasteiger partial charge >= 0.3 is 0 Å². The van der Waals surface area contributed by atoms with E-state index >= 15 is 0 Å². The number of benzene rings is 1. The Labute approximate surface area is 203 Å². The molecule has 0 aliphatic heterocycles. The quantitative estimate of drug-likeness (QED) is 0.224. The van der Waals surface area contributed by atoms with Crippen molar-refractivity contribution >= 4 is 41.5 Å². The number of anilines is 1. The van der Waals surface area contributed by atoms with Crippen molar-refractivity contribution in [2.24, 2.45) is 4.99 Å². The molecule has 1 amide bonds. The molecule has 31 heavy (non-hydrogen) atoms. The maximum Gasteiger partial charge on any atom is 0.291 e. The highest BCUT2D eigenvalue weighted by Crippen LogP contribution is 2.12. The first kappa shape index (κ1) is 27.0. The molecule has 7 nitrogen and oxygen atoms in total. The molecule has 1 aromatic heterocycles. The normalized spacial score (nSPS) is 12.2. The molecule has 2 aromatic rings. The molecule has 1 aromatic carbocycles. The number of amides is 1. The number of halogens is 1. The zero-order chi connectivity index (χ0) is 21.8. The Bertz CT molecular complexity index is 774. The van der Waals surface area contributed by atoms with E-state index in [2.05, 4.69) is 46.6 Å². The monoisotopic (exact) mass is 541 g/mol. The third kappa shape index (κ3) is 9.73. The Morgan fingerprint density at radius 1 is 1.16 bits per heavy atom. The van der Waals surface area contributed by atoms with Crippen molar-refractivity contribution in [3.8, 4) is 0 Å². The predicted octanol–water partition coefficient (Wildman–Crippen LogP) is 4.33. The van der Waals surface area contributed by atoms with E-state index in [1.807, 2.05) is 24.3 Å². The van der Waals surface area contributed by atoms with Gasteiger partial charge in [-0.25, -0.2) is 0 Å². The highest BCUT2D eigenvalue weighted by molar-refractivity contribution is 14.0. The molecule has 0 aliphatic carbocycles. The Kier molecular flexibility index (Phi) is 12.9. The van der Waals surface area contributed by atoms with Gasteiger partial charge in [0.15, 0.2) is 11.7 Å². The summed E-state index contributed by atoms with van der Waals surface area (Å²) in [6, 6.07) is 11.4. The number of furan rings is 1. The molecule has 0 saturated heterocycles. The molecule has 0 aliphatic rings. The number of rotatable bonds is 11. The fourth-order valence-corrected chi connectivity index (χ4v) is 3.15. The van der Waals surface area contributed by atoms with Crippen molar-refractivity contribution in [3.05, 3.63) is 54.0 Å². The van der Waals surface area contributed by atoms with E-state index in [0.717, 1.165) is 49.7 Å². The van der Waals surface area contributed by atoms with E-state index < -0.39 is 0 Å². The molecule has 0 spiro atoms. The summed E-state index contributed by atoms with van der Waals surface area (Å²) in [5.41, 5.74) is 1.83. The van der Waals surface area contributed by atoms with Gasteiger partial charge < -0.3 is 25.3 Å². The van der Waals surface area contributed by atoms with E-state index in [-0.39, 0.29) is 29.9 Å². The molecule has 0 saturated carbocycles. The van der Waals surface area contributed by atoms with Crippen LogP contribution in [0.2, 0.25) is 0 Å². The number of guanidine groups is 1. The van der Waals surface area contributed by atoms with Crippen molar-refractivity contribution in [2.75, 3.05) is 32.0 Å².